The minimum atomic E-state index is -0.518. The molecule has 3 rings (SSSR count). The Balaban J connectivity index is 1.25. The molecule has 0 bridgehead atoms. The first-order valence-corrected chi connectivity index (χ1v) is 13.1. The van der Waals surface area contributed by atoms with Crippen LogP contribution in [0.1, 0.15) is 114 Å². The Hall–Kier alpha value is -1.44. The van der Waals surface area contributed by atoms with Crippen LogP contribution in [0.4, 0.5) is 4.39 Å². The maximum Gasteiger partial charge on any atom is 0.183 e. The smallest absolute Gasteiger partial charge is 0.183 e. The summed E-state index contributed by atoms with van der Waals surface area (Å²) in [5.74, 6) is 1.75. The Morgan fingerprint density at radius 2 is 1.44 bits per heavy atom. The Morgan fingerprint density at radius 3 is 2.06 bits per heavy atom. The van der Waals surface area contributed by atoms with Crippen molar-refractivity contribution in [3.05, 3.63) is 35.1 Å². The van der Waals surface area contributed by atoms with Crippen molar-refractivity contribution in [2.45, 2.75) is 103 Å². The van der Waals surface area contributed by atoms with E-state index in [1.807, 2.05) is 6.07 Å². The molecule has 0 amide bonds. The van der Waals surface area contributed by atoms with Crippen LogP contribution >= 0.6 is 0 Å². The molecule has 2 aliphatic rings. The summed E-state index contributed by atoms with van der Waals surface area (Å²) >= 11 is 0. The number of rotatable bonds is 12. The lowest BCUT2D eigenvalue weighted by Gasteiger charge is -2.32. The predicted octanol–water partition coefficient (Wildman–Crippen LogP) is 8.09. The second kappa shape index (κ2) is 14.0. The topological polar surface area (TPSA) is 42.2 Å². The van der Waals surface area contributed by atoms with Gasteiger partial charge in [-0.1, -0.05) is 96.5 Å². The lowest BCUT2D eigenvalue weighted by molar-refractivity contribution is -0.206. The highest BCUT2D eigenvalue weighted by atomic mass is 19.1. The van der Waals surface area contributed by atoms with Crippen molar-refractivity contribution >= 4 is 0 Å². The van der Waals surface area contributed by atoms with E-state index in [0.29, 0.717) is 24.7 Å². The third kappa shape index (κ3) is 8.16. The van der Waals surface area contributed by atoms with E-state index in [4.69, 9.17) is 14.7 Å². The number of ether oxygens (including phenoxy) is 2. The van der Waals surface area contributed by atoms with Gasteiger partial charge in [-0.05, 0) is 30.4 Å². The molecule has 1 saturated carbocycles. The van der Waals surface area contributed by atoms with Gasteiger partial charge in [-0.2, -0.15) is 5.26 Å². The molecule has 1 aromatic carbocycles. The summed E-state index contributed by atoms with van der Waals surface area (Å²) in [6.07, 6.45) is 18.9. The fourth-order valence-corrected chi connectivity index (χ4v) is 5.34. The largest absolute Gasteiger partial charge is 0.348 e. The summed E-state index contributed by atoms with van der Waals surface area (Å²) in [5.41, 5.74) is 0.707. The summed E-state index contributed by atoms with van der Waals surface area (Å²) in [6.45, 7) is 3.62. The van der Waals surface area contributed by atoms with Crippen LogP contribution in [-0.4, -0.2) is 13.2 Å². The molecule has 0 radical (unpaired) electrons. The zero-order chi connectivity index (χ0) is 22.6. The first kappa shape index (κ1) is 25.2. The molecule has 178 valence electrons. The minimum absolute atomic E-state index is 0.0552. The number of halogens is 1. The van der Waals surface area contributed by atoms with Gasteiger partial charge < -0.3 is 9.47 Å². The van der Waals surface area contributed by atoms with Gasteiger partial charge in [0.1, 0.15) is 11.9 Å². The van der Waals surface area contributed by atoms with E-state index in [1.165, 1.54) is 95.6 Å². The zero-order valence-electron chi connectivity index (χ0n) is 20.0. The van der Waals surface area contributed by atoms with Gasteiger partial charge in [-0.3, -0.25) is 0 Å². The van der Waals surface area contributed by atoms with Crippen LogP contribution in [0.2, 0.25) is 0 Å². The maximum absolute atomic E-state index is 13.8. The average molecular weight is 444 g/mol. The van der Waals surface area contributed by atoms with Crippen LogP contribution in [-0.2, 0) is 9.47 Å². The van der Waals surface area contributed by atoms with Gasteiger partial charge in [-0.25, -0.2) is 4.39 Å². The van der Waals surface area contributed by atoms with Crippen LogP contribution in [0.5, 0.6) is 0 Å². The molecular weight excluding hydrogens is 401 g/mol. The fourth-order valence-electron chi connectivity index (χ4n) is 5.34. The quantitative estimate of drug-likeness (QED) is 0.307. The standard InChI is InChI=1S/C28H42FNO2/c1-2-3-4-5-6-7-8-9-22-10-12-23(13-11-22)14-15-24-20-31-28(32-21-24)25-16-17-26(19-30)27(29)18-25/h16-18,22-24,28H,2-15,20-21H2,1H3/t22-,23-,24-,28-. The van der Waals surface area contributed by atoms with Crippen molar-refractivity contribution in [1.29, 1.82) is 5.26 Å². The molecule has 0 unspecified atom stereocenters. The lowest BCUT2D eigenvalue weighted by Crippen LogP contribution is -2.28. The van der Waals surface area contributed by atoms with Crippen LogP contribution in [0.3, 0.4) is 0 Å². The van der Waals surface area contributed by atoms with Crippen molar-refractivity contribution < 1.29 is 13.9 Å². The third-order valence-electron chi connectivity index (χ3n) is 7.52. The monoisotopic (exact) mass is 443 g/mol. The van der Waals surface area contributed by atoms with Crippen LogP contribution in [0.25, 0.3) is 0 Å². The Bertz CT molecular complexity index is 700. The minimum Gasteiger partial charge on any atom is -0.348 e. The maximum atomic E-state index is 13.8. The number of nitrogens with zero attached hydrogens (tertiary/aromatic N) is 1. The molecule has 2 fully saturated rings. The molecule has 0 atom stereocenters. The van der Waals surface area contributed by atoms with Gasteiger partial charge in [0.25, 0.3) is 0 Å². The van der Waals surface area contributed by atoms with Crippen molar-refractivity contribution in [2.24, 2.45) is 17.8 Å². The van der Waals surface area contributed by atoms with Crippen molar-refractivity contribution in [3.63, 3.8) is 0 Å². The van der Waals surface area contributed by atoms with Gasteiger partial charge in [0, 0.05) is 11.5 Å². The summed E-state index contributed by atoms with van der Waals surface area (Å²) in [4.78, 5) is 0. The molecule has 0 spiro atoms. The molecule has 32 heavy (non-hydrogen) atoms. The van der Waals surface area contributed by atoms with E-state index in [-0.39, 0.29) is 5.56 Å². The predicted molar refractivity (Wildman–Crippen MR) is 127 cm³/mol. The first-order chi connectivity index (χ1) is 15.7. The van der Waals surface area contributed by atoms with Gasteiger partial charge in [0.05, 0.1) is 18.8 Å². The van der Waals surface area contributed by atoms with Gasteiger partial charge in [0.2, 0.25) is 0 Å². The highest BCUT2D eigenvalue weighted by Crippen LogP contribution is 2.36. The molecule has 4 heteroatoms. The Kier molecular flexibility index (Phi) is 11.0. The van der Waals surface area contributed by atoms with E-state index in [2.05, 4.69) is 6.92 Å². The van der Waals surface area contributed by atoms with Crippen molar-refractivity contribution in [2.75, 3.05) is 13.2 Å². The van der Waals surface area contributed by atoms with Crippen LogP contribution < -0.4 is 0 Å². The van der Waals surface area contributed by atoms with Gasteiger partial charge in [0.15, 0.2) is 6.29 Å². The number of nitriles is 1. The number of hydrogen-bond donors (Lipinski definition) is 0. The van der Waals surface area contributed by atoms with Crippen LogP contribution in [0, 0.1) is 34.9 Å². The Morgan fingerprint density at radius 1 is 0.844 bits per heavy atom. The molecule has 0 N–H and O–H groups in total. The van der Waals surface area contributed by atoms with Gasteiger partial charge >= 0.3 is 0 Å². The number of benzene rings is 1. The third-order valence-corrected chi connectivity index (χ3v) is 7.52. The van der Waals surface area contributed by atoms with Crippen LogP contribution in [0.15, 0.2) is 18.2 Å². The van der Waals surface area contributed by atoms with E-state index in [9.17, 15) is 4.39 Å². The summed E-state index contributed by atoms with van der Waals surface area (Å²) in [7, 11) is 0. The van der Waals surface area contributed by atoms with E-state index >= 15 is 0 Å². The average Bonchev–Trinajstić information content (AvgIpc) is 2.83. The molecule has 1 aromatic rings. The summed E-state index contributed by atoms with van der Waals surface area (Å²) < 4.78 is 25.6. The molecule has 3 nitrogen and oxygen atoms in total. The fraction of sp³-hybridized carbons (Fsp3) is 0.750. The van der Waals surface area contributed by atoms with Crippen molar-refractivity contribution in [3.8, 4) is 6.07 Å². The van der Waals surface area contributed by atoms with Gasteiger partial charge in [-0.15, -0.1) is 0 Å². The molecule has 1 heterocycles. The molecule has 1 aliphatic carbocycles. The lowest BCUT2D eigenvalue weighted by atomic mass is 9.77. The van der Waals surface area contributed by atoms with E-state index in [1.54, 1.807) is 6.07 Å². The molecular formula is C28H42FNO2. The zero-order valence-corrected chi connectivity index (χ0v) is 20.0. The Labute approximate surface area is 194 Å². The number of hydrogen-bond acceptors (Lipinski definition) is 3. The highest BCUT2D eigenvalue weighted by molar-refractivity contribution is 5.33. The first-order valence-electron chi connectivity index (χ1n) is 13.1. The number of unbranched alkanes of at least 4 members (excludes halogenated alkanes) is 6. The molecule has 1 saturated heterocycles. The molecule has 1 aliphatic heterocycles. The molecule has 0 aromatic heterocycles. The highest BCUT2D eigenvalue weighted by Gasteiger charge is 2.26. The second-order valence-corrected chi connectivity index (χ2v) is 10.1. The van der Waals surface area contributed by atoms with Crippen molar-refractivity contribution in [1.82, 2.24) is 0 Å². The summed E-state index contributed by atoms with van der Waals surface area (Å²) in [6, 6.07) is 6.42. The SMILES string of the molecule is CCCCCCCCC[C@H]1CC[C@H](CC[C@H]2CO[C@H](c3ccc(C#N)c(F)c3)OC2)CC1. The van der Waals surface area contributed by atoms with E-state index in [0.717, 1.165) is 18.3 Å². The second-order valence-electron chi connectivity index (χ2n) is 10.1. The normalized spacial score (nSPS) is 26.0. The summed E-state index contributed by atoms with van der Waals surface area (Å²) in [5, 5.41) is 8.86. The van der Waals surface area contributed by atoms with E-state index < -0.39 is 12.1 Å².